The molecule has 1 N–H and O–H groups in total. The predicted molar refractivity (Wildman–Crippen MR) is 117 cm³/mol. The van der Waals surface area contributed by atoms with E-state index in [4.69, 9.17) is 9.47 Å². The van der Waals surface area contributed by atoms with Crippen molar-refractivity contribution in [1.82, 2.24) is 0 Å². The molecule has 0 radical (unpaired) electrons. The summed E-state index contributed by atoms with van der Waals surface area (Å²) in [4.78, 5) is 13.3. The van der Waals surface area contributed by atoms with Gasteiger partial charge < -0.3 is 14.6 Å². The fourth-order valence-electron chi connectivity index (χ4n) is 4.43. The van der Waals surface area contributed by atoms with Crippen LogP contribution < -0.4 is 9.47 Å². The maximum absolute atomic E-state index is 13.7. The first-order valence-electron chi connectivity index (χ1n) is 10.6. The summed E-state index contributed by atoms with van der Waals surface area (Å²) in [6.45, 7) is -0.128. The molecule has 0 atom stereocenters. The highest BCUT2D eigenvalue weighted by molar-refractivity contribution is 5.95. The van der Waals surface area contributed by atoms with Crippen LogP contribution in [0.25, 0.3) is 11.1 Å². The number of carbonyl (C=O) groups is 1. The van der Waals surface area contributed by atoms with Crippen LogP contribution in [-0.2, 0) is 29.4 Å². The van der Waals surface area contributed by atoms with Crippen LogP contribution >= 0.6 is 0 Å². The number of hydrogen-bond acceptors (Lipinski definition) is 4. The Morgan fingerprint density at radius 3 is 2.48 bits per heavy atom. The zero-order valence-corrected chi connectivity index (χ0v) is 17.6. The van der Waals surface area contributed by atoms with Crippen molar-refractivity contribution in [3.05, 3.63) is 82.9 Å². The number of fused-ring (bicyclic) bond motifs is 1. The molecule has 3 aromatic rings. The van der Waals surface area contributed by atoms with E-state index in [1.54, 1.807) is 24.3 Å². The lowest BCUT2D eigenvalue weighted by molar-refractivity contribution is -0.137. The Morgan fingerprint density at radius 2 is 1.76 bits per heavy atom. The van der Waals surface area contributed by atoms with E-state index >= 15 is 0 Å². The molecule has 5 rings (SSSR count). The quantitative estimate of drug-likeness (QED) is 0.518. The van der Waals surface area contributed by atoms with E-state index in [2.05, 4.69) is 0 Å². The van der Waals surface area contributed by atoms with Gasteiger partial charge in [-0.3, -0.25) is 4.79 Å². The van der Waals surface area contributed by atoms with Gasteiger partial charge in [0.05, 0.1) is 17.6 Å². The van der Waals surface area contributed by atoms with Crippen LogP contribution in [-0.4, -0.2) is 17.7 Å². The van der Waals surface area contributed by atoms with Crippen molar-refractivity contribution >= 4 is 5.78 Å². The predicted octanol–water partition coefficient (Wildman–Crippen LogP) is 5.68. The van der Waals surface area contributed by atoms with Gasteiger partial charge in [0.1, 0.15) is 5.78 Å². The molecule has 0 bridgehead atoms. The molecule has 1 aliphatic carbocycles. The average Bonchev–Trinajstić information content (AvgIpc) is 3.49. The van der Waals surface area contributed by atoms with Gasteiger partial charge in [0.15, 0.2) is 11.5 Å². The van der Waals surface area contributed by atoms with Crippen LogP contribution in [0.1, 0.15) is 36.5 Å². The van der Waals surface area contributed by atoms with Gasteiger partial charge in [0.25, 0.3) is 0 Å². The molecule has 1 aliphatic heterocycles. The summed E-state index contributed by atoms with van der Waals surface area (Å²) in [6.07, 6.45) is -3.13. The third kappa shape index (κ3) is 3.97. The van der Waals surface area contributed by atoms with Gasteiger partial charge in [-0.15, -0.1) is 0 Å². The summed E-state index contributed by atoms with van der Waals surface area (Å²) in [6, 6.07) is 15.7. The van der Waals surface area contributed by atoms with Crippen molar-refractivity contribution in [1.29, 1.82) is 0 Å². The fraction of sp³-hybridized carbons (Fsp3) is 0.269. The number of aliphatic hydroxyl groups is 1. The van der Waals surface area contributed by atoms with Gasteiger partial charge in [0.2, 0.25) is 6.79 Å². The van der Waals surface area contributed by atoms with Crippen LogP contribution in [0, 0.1) is 0 Å². The summed E-state index contributed by atoms with van der Waals surface area (Å²) >= 11 is 0. The van der Waals surface area contributed by atoms with E-state index in [9.17, 15) is 23.1 Å². The SMILES string of the molecule is O=C(Cc1ccc(C(F)(F)F)c(-c2cccc(CO)c2)c1)C1(c2ccc3c(c2)OCO3)CC1.[HH]. The Labute approximate surface area is 190 Å². The van der Waals surface area contributed by atoms with Crippen LogP contribution in [0.15, 0.2) is 60.7 Å². The summed E-state index contributed by atoms with van der Waals surface area (Å²) in [7, 11) is 0. The smallest absolute Gasteiger partial charge is 0.417 e. The molecule has 0 saturated heterocycles. The summed E-state index contributed by atoms with van der Waals surface area (Å²) in [5.74, 6) is 1.21. The molecule has 4 nitrogen and oxygen atoms in total. The number of halogens is 3. The lowest BCUT2D eigenvalue weighted by Crippen LogP contribution is -2.22. The molecule has 172 valence electrons. The molecule has 0 spiro atoms. The summed E-state index contributed by atoms with van der Waals surface area (Å²) in [5.41, 5.74) is 0.813. The first kappa shape index (κ1) is 21.5. The zero-order chi connectivity index (χ0) is 23.2. The van der Waals surface area contributed by atoms with Gasteiger partial charge in [-0.2, -0.15) is 13.2 Å². The normalized spacial score (nSPS) is 16.0. The summed E-state index contributed by atoms with van der Waals surface area (Å²) in [5, 5.41) is 9.39. The van der Waals surface area contributed by atoms with Crippen LogP contribution in [0.4, 0.5) is 13.2 Å². The Morgan fingerprint density at radius 1 is 0.970 bits per heavy atom. The number of aliphatic hydroxyl groups excluding tert-OH is 1. The van der Waals surface area contributed by atoms with Crippen LogP contribution in [0.2, 0.25) is 0 Å². The van der Waals surface area contributed by atoms with E-state index in [-0.39, 0.29) is 32.6 Å². The van der Waals surface area contributed by atoms with E-state index in [1.165, 1.54) is 18.2 Å². The number of carbonyl (C=O) groups excluding carboxylic acids is 1. The second-order valence-corrected chi connectivity index (χ2v) is 8.49. The molecule has 33 heavy (non-hydrogen) atoms. The van der Waals surface area contributed by atoms with Gasteiger partial charge in [-0.1, -0.05) is 36.4 Å². The van der Waals surface area contributed by atoms with Crippen molar-refractivity contribution in [2.75, 3.05) is 6.79 Å². The van der Waals surface area contributed by atoms with Gasteiger partial charge >= 0.3 is 6.18 Å². The topological polar surface area (TPSA) is 55.8 Å². The Kier molecular flexibility index (Phi) is 5.16. The molecule has 0 amide bonds. The highest BCUT2D eigenvalue weighted by Gasteiger charge is 2.50. The number of alkyl halides is 3. The van der Waals surface area contributed by atoms with E-state index in [0.29, 0.717) is 41.0 Å². The number of Topliss-reactive ketones (excluding diaryl/α,β-unsaturated/α-hetero) is 1. The van der Waals surface area contributed by atoms with Crippen molar-refractivity contribution in [3.8, 4) is 22.6 Å². The lowest BCUT2D eigenvalue weighted by atomic mass is 9.86. The Hall–Kier alpha value is -3.32. The maximum atomic E-state index is 13.7. The number of benzene rings is 3. The molecule has 7 heteroatoms. The zero-order valence-electron chi connectivity index (χ0n) is 17.6. The maximum Gasteiger partial charge on any atom is 0.417 e. The molecule has 3 aromatic carbocycles. The van der Waals surface area contributed by atoms with Gasteiger partial charge in [-0.25, -0.2) is 0 Å². The molecule has 2 aliphatic rings. The second kappa shape index (κ2) is 7.92. The molecular formula is C26H23F3O4. The minimum atomic E-state index is -4.54. The van der Waals surface area contributed by atoms with Crippen molar-refractivity contribution < 1.29 is 34.0 Å². The third-order valence-electron chi connectivity index (χ3n) is 6.38. The largest absolute Gasteiger partial charge is 0.454 e. The van der Waals surface area contributed by atoms with Crippen LogP contribution in [0.3, 0.4) is 0 Å². The highest BCUT2D eigenvalue weighted by Crippen LogP contribution is 2.51. The molecule has 1 heterocycles. The Bertz CT molecular complexity index is 1230. The molecule has 0 aromatic heterocycles. The molecular weight excluding hydrogens is 433 g/mol. The highest BCUT2D eigenvalue weighted by atomic mass is 19.4. The number of hydrogen-bond donors (Lipinski definition) is 1. The first-order valence-corrected chi connectivity index (χ1v) is 10.6. The minimum Gasteiger partial charge on any atom is -0.454 e. The first-order chi connectivity index (χ1) is 15.8. The summed E-state index contributed by atoms with van der Waals surface area (Å²) < 4.78 is 51.9. The number of ether oxygens (including phenoxy) is 2. The van der Waals surface area contributed by atoms with Gasteiger partial charge in [0, 0.05) is 7.85 Å². The van der Waals surface area contributed by atoms with Gasteiger partial charge in [-0.05, 0) is 64.9 Å². The second-order valence-electron chi connectivity index (χ2n) is 8.49. The van der Waals surface area contributed by atoms with E-state index < -0.39 is 17.2 Å². The minimum absolute atomic E-state index is 0. The molecule has 0 unspecified atom stereocenters. The van der Waals surface area contributed by atoms with Crippen molar-refractivity contribution in [2.24, 2.45) is 0 Å². The van der Waals surface area contributed by atoms with Crippen LogP contribution in [0.5, 0.6) is 11.5 Å². The lowest BCUT2D eigenvalue weighted by Gasteiger charge is -2.18. The molecule has 1 fully saturated rings. The Balaban J connectivity index is 0.00000274. The fourth-order valence-corrected chi connectivity index (χ4v) is 4.43. The third-order valence-corrected chi connectivity index (χ3v) is 6.38. The molecule has 1 saturated carbocycles. The van der Waals surface area contributed by atoms with E-state index in [0.717, 1.165) is 11.6 Å². The standard InChI is InChI=1S/C26H21F3O4.H2/c27-26(28,29)21-6-4-16(11-20(21)18-3-1-2-17(10-18)14-30)12-24(31)25(8-9-25)19-5-7-22-23(13-19)33-15-32-22;/h1-7,10-11,13,30H,8-9,12,14-15H2;1H. The monoisotopic (exact) mass is 456 g/mol. The van der Waals surface area contributed by atoms with Crippen molar-refractivity contribution in [2.45, 2.75) is 37.5 Å². The number of rotatable bonds is 6. The van der Waals surface area contributed by atoms with Crippen molar-refractivity contribution in [3.63, 3.8) is 0 Å². The average molecular weight is 456 g/mol. The number of ketones is 1. The van der Waals surface area contributed by atoms with E-state index in [1.807, 2.05) is 12.1 Å².